The monoisotopic (exact) mass is 451 g/mol. The van der Waals surface area contributed by atoms with Crippen LogP contribution in [0.15, 0.2) is 53.3 Å². The molecule has 0 spiro atoms. The molecular weight excluding hydrogens is 418 g/mol. The van der Waals surface area contributed by atoms with Crippen molar-refractivity contribution >= 4 is 6.15 Å². The highest BCUT2D eigenvalue weighted by Gasteiger charge is 2.16. The molecule has 176 valence electrons. The van der Waals surface area contributed by atoms with Crippen LogP contribution in [-0.2, 0) is 29.0 Å². The van der Waals surface area contributed by atoms with E-state index in [0.29, 0.717) is 6.54 Å². The molecule has 2 aromatic carbocycles. The van der Waals surface area contributed by atoms with Gasteiger partial charge in [0.25, 0.3) is 0 Å². The molecule has 0 bridgehead atoms. The van der Waals surface area contributed by atoms with E-state index >= 15 is 0 Å². The minimum atomic E-state index is -0.0317. The van der Waals surface area contributed by atoms with E-state index < -0.39 is 0 Å². The van der Waals surface area contributed by atoms with Gasteiger partial charge in [-0.05, 0) is 70.7 Å². The molecule has 0 aliphatic rings. The lowest BCUT2D eigenvalue weighted by atomic mass is 10.1. The zero-order valence-corrected chi connectivity index (χ0v) is 20.1. The fourth-order valence-electron chi connectivity index (χ4n) is 3.58. The summed E-state index contributed by atoms with van der Waals surface area (Å²) < 4.78 is 9.13. The molecule has 0 N–H and O–H groups in total. The third-order valence-corrected chi connectivity index (χ3v) is 5.07. The first kappa shape index (κ1) is 25.8. The predicted octanol–water partition coefficient (Wildman–Crippen LogP) is 4.36. The van der Waals surface area contributed by atoms with Gasteiger partial charge in [-0.3, -0.25) is 4.57 Å². The van der Waals surface area contributed by atoms with Crippen LogP contribution in [0.1, 0.15) is 62.7 Å². The lowest BCUT2D eigenvalue weighted by molar-refractivity contribution is -0.191. The lowest BCUT2D eigenvalue weighted by Gasteiger charge is -2.10. The fourth-order valence-corrected chi connectivity index (χ4v) is 3.58. The average Bonchev–Trinajstić information content (AvgIpc) is 3.06. The van der Waals surface area contributed by atoms with Crippen LogP contribution >= 0.6 is 0 Å². The second-order valence-corrected chi connectivity index (χ2v) is 8.55. The lowest BCUT2D eigenvalue weighted by Crippen LogP contribution is -2.27. The van der Waals surface area contributed by atoms with Gasteiger partial charge in [0.2, 0.25) is 0 Å². The molecule has 0 amide bonds. The van der Waals surface area contributed by atoms with Crippen molar-refractivity contribution in [2.24, 2.45) is 0 Å². The Kier molecular flexibility index (Phi) is 9.83. The van der Waals surface area contributed by atoms with Crippen LogP contribution in [0.5, 0.6) is 5.75 Å². The smallest absolute Gasteiger partial charge is 0.373 e. The Morgan fingerprint density at radius 1 is 0.909 bits per heavy atom. The van der Waals surface area contributed by atoms with Gasteiger partial charge >= 0.3 is 11.8 Å². The number of ether oxygens (including phenoxy) is 1. The Hall–Kier alpha value is -3.44. The highest BCUT2D eigenvalue weighted by atomic mass is 16.5. The number of rotatable bonds is 9. The number of aryl methyl sites for hydroxylation is 3. The summed E-state index contributed by atoms with van der Waals surface area (Å²) >= 11 is 0. The van der Waals surface area contributed by atoms with Crippen LogP contribution in [0.25, 0.3) is 0 Å². The molecule has 1 aromatic heterocycles. The SMILES string of the molecule is Cc1ccc(Cn2nc(CCCc3ccc(OC(C)C)cc3)n(C(C)C)c2=O)cc1.O=C=O. The summed E-state index contributed by atoms with van der Waals surface area (Å²) in [6.07, 6.45) is 3.09. The van der Waals surface area contributed by atoms with E-state index in [1.54, 1.807) is 4.68 Å². The van der Waals surface area contributed by atoms with Crippen LogP contribution in [0.2, 0.25) is 0 Å². The van der Waals surface area contributed by atoms with E-state index in [9.17, 15) is 4.79 Å². The summed E-state index contributed by atoms with van der Waals surface area (Å²) in [5, 5.41) is 4.67. The first-order valence-corrected chi connectivity index (χ1v) is 11.2. The number of carbonyl (C=O) groups excluding carboxylic acids is 2. The molecule has 0 saturated heterocycles. The maximum Gasteiger partial charge on any atom is 0.373 e. The summed E-state index contributed by atoms with van der Waals surface area (Å²) in [5.74, 6) is 1.76. The Bertz CT molecular complexity index is 1090. The van der Waals surface area contributed by atoms with E-state index in [2.05, 4.69) is 48.4 Å². The Balaban J connectivity index is 0.00000122. The largest absolute Gasteiger partial charge is 0.491 e. The quantitative estimate of drug-likeness (QED) is 0.483. The number of hydrogen-bond donors (Lipinski definition) is 0. The van der Waals surface area contributed by atoms with Gasteiger partial charge in [0.1, 0.15) is 11.6 Å². The fraction of sp³-hybridized carbons (Fsp3) is 0.423. The maximum atomic E-state index is 12.9. The molecule has 1 heterocycles. The maximum absolute atomic E-state index is 12.9. The topological polar surface area (TPSA) is 83.2 Å². The number of aromatic nitrogens is 3. The van der Waals surface area contributed by atoms with Crippen molar-refractivity contribution < 1.29 is 14.3 Å². The summed E-state index contributed by atoms with van der Waals surface area (Å²) in [4.78, 5) is 29.2. The second-order valence-electron chi connectivity index (χ2n) is 8.55. The minimum absolute atomic E-state index is 0.0317. The van der Waals surface area contributed by atoms with Gasteiger partial charge in [-0.25, -0.2) is 9.48 Å². The molecule has 0 aliphatic carbocycles. The van der Waals surface area contributed by atoms with Gasteiger partial charge in [-0.1, -0.05) is 42.0 Å². The highest BCUT2D eigenvalue weighted by Crippen LogP contribution is 2.16. The van der Waals surface area contributed by atoms with E-state index in [0.717, 1.165) is 36.4 Å². The summed E-state index contributed by atoms with van der Waals surface area (Å²) in [7, 11) is 0. The Labute approximate surface area is 195 Å². The second kappa shape index (κ2) is 12.6. The molecule has 0 radical (unpaired) electrons. The Morgan fingerprint density at radius 2 is 1.48 bits per heavy atom. The third-order valence-electron chi connectivity index (χ3n) is 5.07. The molecule has 7 nitrogen and oxygen atoms in total. The highest BCUT2D eigenvalue weighted by molar-refractivity contribution is 5.27. The van der Waals surface area contributed by atoms with Crippen LogP contribution in [0, 0.1) is 6.92 Å². The van der Waals surface area contributed by atoms with Crippen molar-refractivity contribution in [2.75, 3.05) is 0 Å². The summed E-state index contributed by atoms with van der Waals surface area (Å²) in [5.41, 5.74) is 3.54. The first-order valence-electron chi connectivity index (χ1n) is 11.2. The van der Waals surface area contributed by atoms with Gasteiger partial charge < -0.3 is 4.74 Å². The summed E-state index contributed by atoms with van der Waals surface area (Å²) in [6, 6.07) is 16.6. The molecule has 3 rings (SSSR count). The molecule has 7 heteroatoms. The van der Waals surface area contributed by atoms with Crippen LogP contribution in [0.3, 0.4) is 0 Å². The van der Waals surface area contributed by atoms with Gasteiger partial charge in [-0.2, -0.15) is 14.7 Å². The van der Waals surface area contributed by atoms with E-state index in [1.165, 1.54) is 11.1 Å². The Morgan fingerprint density at radius 3 is 2.03 bits per heavy atom. The van der Waals surface area contributed by atoms with E-state index in [4.69, 9.17) is 14.3 Å². The first-order chi connectivity index (χ1) is 15.7. The van der Waals surface area contributed by atoms with Crippen LogP contribution < -0.4 is 10.4 Å². The number of benzene rings is 2. The zero-order valence-electron chi connectivity index (χ0n) is 20.1. The molecule has 0 fully saturated rings. The van der Waals surface area contributed by atoms with Crippen molar-refractivity contribution in [1.29, 1.82) is 0 Å². The van der Waals surface area contributed by atoms with E-state index in [1.807, 2.05) is 44.4 Å². The molecule has 0 atom stereocenters. The predicted molar refractivity (Wildman–Crippen MR) is 126 cm³/mol. The molecule has 0 aliphatic heterocycles. The number of nitrogens with zero attached hydrogens (tertiary/aromatic N) is 3. The molecular formula is C26H33N3O4. The molecule has 33 heavy (non-hydrogen) atoms. The van der Waals surface area contributed by atoms with Gasteiger partial charge in [-0.15, -0.1) is 0 Å². The number of hydrogen-bond acceptors (Lipinski definition) is 5. The van der Waals surface area contributed by atoms with Crippen LogP contribution in [-0.4, -0.2) is 26.6 Å². The zero-order chi connectivity index (χ0) is 24.4. The third kappa shape index (κ3) is 7.88. The van der Waals surface area contributed by atoms with Crippen molar-refractivity contribution in [2.45, 2.75) is 72.6 Å². The molecule has 0 saturated carbocycles. The van der Waals surface area contributed by atoms with Crippen molar-refractivity contribution in [3.8, 4) is 5.75 Å². The van der Waals surface area contributed by atoms with Crippen molar-refractivity contribution in [3.63, 3.8) is 0 Å². The van der Waals surface area contributed by atoms with Crippen molar-refractivity contribution in [3.05, 3.63) is 81.5 Å². The molecule has 3 aromatic rings. The van der Waals surface area contributed by atoms with Gasteiger partial charge in [0.15, 0.2) is 0 Å². The minimum Gasteiger partial charge on any atom is -0.491 e. The standard InChI is InChI=1S/C25H33N3O2.CO2/c1-18(2)28-24(8-6-7-21-13-15-23(16-14-21)30-19(3)4)26-27(25(28)29)17-22-11-9-20(5)10-12-22;2-1-3/h9-16,18-19H,6-8,17H2,1-5H3;. The van der Waals surface area contributed by atoms with Crippen LogP contribution in [0.4, 0.5) is 0 Å². The summed E-state index contributed by atoms with van der Waals surface area (Å²) in [6.45, 7) is 10.7. The van der Waals surface area contributed by atoms with Crippen molar-refractivity contribution in [1.82, 2.24) is 14.3 Å². The average molecular weight is 452 g/mol. The normalized spacial score (nSPS) is 10.6. The van der Waals surface area contributed by atoms with Gasteiger partial charge in [0, 0.05) is 12.5 Å². The van der Waals surface area contributed by atoms with Gasteiger partial charge in [0.05, 0.1) is 12.6 Å². The van der Waals surface area contributed by atoms with E-state index in [-0.39, 0.29) is 24.0 Å². The molecule has 0 unspecified atom stereocenters.